The van der Waals surface area contributed by atoms with E-state index in [1.165, 1.54) is 0 Å². The molecule has 15 nitrogen and oxygen atoms in total. The summed E-state index contributed by atoms with van der Waals surface area (Å²) in [4.78, 5) is 85.6. The second-order valence-corrected chi connectivity index (χ2v) is 22.3. The molecule has 2 aromatic rings. The highest BCUT2D eigenvalue weighted by atomic mass is 16.5. The first kappa shape index (κ1) is 54.5. The van der Waals surface area contributed by atoms with Crippen LogP contribution in [0.2, 0.25) is 0 Å². The van der Waals surface area contributed by atoms with E-state index < -0.39 is 41.0 Å². The van der Waals surface area contributed by atoms with Crippen molar-refractivity contribution in [3.63, 3.8) is 0 Å². The number of hydrogen-bond acceptors (Lipinski definition) is 9. The van der Waals surface area contributed by atoms with Crippen LogP contribution in [-0.2, 0) is 51.1 Å². The van der Waals surface area contributed by atoms with E-state index in [0.717, 1.165) is 47.9 Å². The van der Waals surface area contributed by atoms with Crippen molar-refractivity contribution in [1.29, 1.82) is 0 Å². The highest BCUT2D eigenvalue weighted by molar-refractivity contribution is 5.95. The van der Waals surface area contributed by atoms with Gasteiger partial charge >= 0.3 is 0 Å². The molecule has 2 fully saturated rings. The Morgan fingerprint density at radius 3 is 1.44 bits per heavy atom. The van der Waals surface area contributed by atoms with Crippen LogP contribution in [0.3, 0.4) is 0 Å². The molecule has 0 aromatic heterocycles. The second kappa shape index (κ2) is 24.0. The maximum Gasteiger partial charge on any atom is 0.246 e. The number of fused-ring (bicyclic) bond motifs is 2. The Labute approximate surface area is 417 Å². The minimum Gasteiger partial charge on any atom is -0.375 e. The fourth-order valence-electron chi connectivity index (χ4n) is 10.4. The van der Waals surface area contributed by atoms with Gasteiger partial charge in [0.2, 0.25) is 35.4 Å². The molecule has 10 atom stereocenters. The van der Waals surface area contributed by atoms with E-state index >= 15 is 0 Å². The summed E-state index contributed by atoms with van der Waals surface area (Å²) >= 11 is 0. The predicted octanol–water partition coefficient (Wildman–Crippen LogP) is 5.84. The second-order valence-electron chi connectivity index (χ2n) is 22.3. The number of nitrogens with zero attached hydrogens (tertiary/aromatic N) is 2. The smallest absolute Gasteiger partial charge is 0.246 e. The van der Waals surface area contributed by atoms with Crippen LogP contribution in [0.15, 0.2) is 48.5 Å². The van der Waals surface area contributed by atoms with Crippen LogP contribution < -0.4 is 26.6 Å². The van der Waals surface area contributed by atoms with Crippen molar-refractivity contribution < 1.29 is 38.2 Å². The molecular weight excluding hydrogens is 887 g/mol. The van der Waals surface area contributed by atoms with Crippen LogP contribution in [0, 0.1) is 16.7 Å². The quantitative estimate of drug-likeness (QED) is 0.0959. The zero-order valence-corrected chi connectivity index (χ0v) is 43.7. The lowest BCUT2D eigenvalue weighted by atomic mass is 9.85. The third-order valence-electron chi connectivity index (χ3n) is 15.0. The topological polar surface area (TPSA) is 188 Å². The molecule has 0 radical (unpaired) electrons. The minimum atomic E-state index is -0.790. The van der Waals surface area contributed by atoms with E-state index in [-0.39, 0.29) is 65.7 Å². The van der Waals surface area contributed by atoms with Crippen LogP contribution in [0.4, 0.5) is 0 Å². The summed E-state index contributed by atoms with van der Waals surface area (Å²) in [7, 11) is 1.70. The molecule has 5 N–H and O–H groups in total. The van der Waals surface area contributed by atoms with Gasteiger partial charge in [0.05, 0.1) is 30.3 Å². The van der Waals surface area contributed by atoms with E-state index in [1.54, 1.807) is 23.8 Å². The molecule has 0 saturated carbocycles. The SMILES string of the molecule is CC[C@@H](C)C(=O)N[C@H](C(=O)N1CCCC1C(=O)N[C@H]1c2ccccc2C[C@@H]1OCCCCCCO[C@H]1Cc2ccccc2[C@@H]1NC(=O)[C@@H]1CCCN1C(=O)[C@@H](NC(=O)[C@H](C)NC)C(C)(C)C)C(C)(C)C. The minimum absolute atomic E-state index is 0.155. The highest BCUT2D eigenvalue weighted by Crippen LogP contribution is 2.37. The lowest BCUT2D eigenvalue weighted by Gasteiger charge is -2.36. The number of benzene rings is 2. The van der Waals surface area contributed by atoms with Crippen LogP contribution >= 0.6 is 0 Å². The van der Waals surface area contributed by atoms with Crippen molar-refractivity contribution in [2.75, 3.05) is 33.4 Å². The molecule has 386 valence electrons. The van der Waals surface area contributed by atoms with Gasteiger partial charge in [-0.1, -0.05) is 117 Å². The van der Waals surface area contributed by atoms with Gasteiger partial charge < -0.3 is 45.9 Å². The third-order valence-corrected chi connectivity index (χ3v) is 15.0. The number of amides is 6. The molecule has 2 aromatic carbocycles. The lowest BCUT2D eigenvalue weighted by molar-refractivity contribution is -0.144. The van der Waals surface area contributed by atoms with Gasteiger partial charge in [-0.25, -0.2) is 0 Å². The summed E-state index contributed by atoms with van der Waals surface area (Å²) < 4.78 is 13.1. The van der Waals surface area contributed by atoms with Crippen molar-refractivity contribution in [2.45, 2.75) is 187 Å². The molecule has 4 aliphatic rings. The van der Waals surface area contributed by atoms with Gasteiger partial charge in [-0.05, 0) is 92.0 Å². The number of likely N-dealkylation sites (tertiary alicyclic amines) is 2. The molecule has 0 spiro atoms. The zero-order chi connectivity index (χ0) is 50.9. The van der Waals surface area contributed by atoms with Gasteiger partial charge in [-0.3, -0.25) is 28.8 Å². The van der Waals surface area contributed by atoms with Crippen molar-refractivity contribution in [1.82, 2.24) is 36.4 Å². The van der Waals surface area contributed by atoms with Gasteiger partial charge in [0, 0.05) is 45.1 Å². The van der Waals surface area contributed by atoms with E-state index in [4.69, 9.17) is 9.47 Å². The maximum atomic E-state index is 14.1. The first-order valence-corrected chi connectivity index (χ1v) is 26.1. The molecule has 6 rings (SSSR count). The molecule has 6 amide bonds. The standard InChI is InChI=1S/C55H83N7O8/c1-11-34(2)48(63)59-46(54(4,5)6)52(67)61-28-20-26-40(61)50(65)57-44-38-24-16-14-22-36(38)32-42(44)69-30-18-12-13-19-31-70-43-33-37-23-15-17-25-39(37)45(43)58-51(66)41-27-21-29-62(41)53(68)47(55(7,8)9)60-49(64)35(3)56-10/h14-17,22-25,34-35,40-47,56H,11-13,18-21,26-33H2,1-10H3,(H,57,65)(H,58,66)(H,59,63)(H,60,64)/t34-,35+,40?,41+,42+,43+,44+,45+,46-,47-/m1/s1. The monoisotopic (exact) mass is 970 g/mol. The van der Waals surface area contributed by atoms with E-state index in [9.17, 15) is 28.8 Å². The van der Waals surface area contributed by atoms with Crippen LogP contribution in [0.1, 0.15) is 154 Å². The Morgan fingerprint density at radius 1 is 0.629 bits per heavy atom. The van der Waals surface area contributed by atoms with E-state index in [0.29, 0.717) is 71.2 Å². The Kier molecular flexibility index (Phi) is 18.7. The normalized spacial score (nSPS) is 23.7. The van der Waals surface area contributed by atoms with Gasteiger partial charge in [0.1, 0.15) is 24.2 Å². The molecule has 70 heavy (non-hydrogen) atoms. The molecular formula is C55H83N7O8. The average molecular weight is 970 g/mol. The number of carbonyl (C=O) groups is 6. The summed E-state index contributed by atoms with van der Waals surface area (Å²) in [6, 6.07) is 12.2. The summed E-state index contributed by atoms with van der Waals surface area (Å²) in [5.74, 6) is -1.51. The summed E-state index contributed by atoms with van der Waals surface area (Å²) in [5, 5.41) is 15.5. The first-order chi connectivity index (χ1) is 33.2. The Morgan fingerprint density at radius 2 is 1.04 bits per heavy atom. The van der Waals surface area contributed by atoms with Crippen molar-refractivity contribution in [3.8, 4) is 0 Å². The number of ether oxygens (including phenoxy) is 2. The molecule has 2 aliphatic heterocycles. The van der Waals surface area contributed by atoms with Crippen LogP contribution in [0.5, 0.6) is 0 Å². The molecule has 1 unspecified atom stereocenters. The molecule has 0 bridgehead atoms. The Bertz CT molecular complexity index is 2000. The Balaban J connectivity index is 0.984. The van der Waals surface area contributed by atoms with Crippen molar-refractivity contribution in [2.24, 2.45) is 16.7 Å². The number of unbranched alkanes of at least 4 members (excludes halogenated alkanes) is 3. The van der Waals surface area contributed by atoms with Crippen LogP contribution in [0.25, 0.3) is 0 Å². The molecule has 2 heterocycles. The molecule has 2 aliphatic carbocycles. The predicted molar refractivity (Wildman–Crippen MR) is 270 cm³/mol. The number of carbonyl (C=O) groups excluding carboxylic acids is 6. The summed E-state index contributed by atoms with van der Waals surface area (Å²) in [6.07, 6.45) is 7.58. The average Bonchev–Trinajstić information content (AvgIpc) is 4.15. The molecule has 2 saturated heterocycles. The Hall–Kier alpha value is -4.86. The largest absolute Gasteiger partial charge is 0.375 e. The molecule has 15 heteroatoms. The third kappa shape index (κ3) is 13.2. The highest BCUT2D eigenvalue weighted by Gasteiger charge is 2.46. The van der Waals surface area contributed by atoms with Gasteiger partial charge in [0.25, 0.3) is 0 Å². The van der Waals surface area contributed by atoms with Crippen LogP contribution in [-0.4, -0.2) is 121 Å². The van der Waals surface area contributed by atoms with Crippen molar-refractivity contribution in [3.05, 3.63) is 70.8 Å². The fourth-order valence-corrected chi connectivity index (χ4v) is 10.4. The fraction of sp³-hybridized carbons (Fsp3) is 0.673. The number of hydrogen-bond donors (Lipinski definition) is 5. The summed E-state index contributed by atoms with van der Waals surface area (Å²) in [6.45, 7) is 19.1. The van der Waals surface area contributed by atoms with E-state index in [1.807, 2.05) is 91.8 Å². The number of nitrogens with one attached hydrogen (secondary N) is 5. The van der Waals surface area contributed by atoms with Crippen molar-refractivity contribution >= 4 is 35.4 Å². The van der Waals surface area contributed by atoms with Gasteiger partial charge in [0.15, 0.2) is 0 Å². The number of likely N-dealkylation sites (N-methyl/N-ethyl adjacent to an activating group) is 1. The van der Waals surface area contributed by atoms with Gasteiger partial charge in [-0.2, -0.15) is 0 Å². The van der Waals surface area contributed by atoms with E-state index in [2.05, 4.69) is 38.7 Å². The summed E-state index contributed by atoms with van der Waals surface area (Å²) in [5.41, 5.74) is 3.24. The zero-order valence-electron chi connectivity index (χ0n) is 43.7. The number of rotatable bonds is 21. The van der Waals surface area contributed by atoms with Gasteiger partial charge in [-0.15, -0.1) is 0 Å². The first-order valence-electron chi connectivity index (χ1n) is 26.1. The maximum absolute atomic E-state index is 14.1. The lowest BCUT2D eigenvalue weighted by Crippen LogP contribution is -2.59.